The van der Waals surface area contributed by atoms with Crippen LogP contribution in [0, 0.1) is 0 Å². The van der Waals surface area contributed by atoms with Crippen LogP contribution in [0.1, 0.15) is 26.5 Å². The number of aromatic nitrogens is 1. The minimum atomic E-state index is -1.03. The van der Waals surface area contributed by atoms with Crippen molar-refractivity contribution in [2.45, 2.75) is 32.1 Å². The van der Waals surface area contributed by atoms with E-state index >= 15 is 0 Å². The van der Waals surface area contributed by atoms with Gasteiger partial charge in [0, 0.05) is 6.20 Å². The summed E-state index contributed by atoms with van der Waals surface area (Å²) in [5.74, 6) is 0. The minimum absolute atomic E-state index is 0.227. The van der Waals surface area contributed by atoms with Crippen LogP contribution in [-0.4, -0.2) is 13.9 Å². The summed E-state index contributed by atoms with van der Waals surface area (Å²) in [5.41, 5.74) is 0.908. The highest BCUT2D eigenvalue weighted by molar-refractivity contribution is 7.84. The summed E-state index contributed by atoms with van der Waals surface area (Å²) in [6.45, 7) is 6.36. The Morgan fingerprint density at radius 1 is 1.43 bits per heavy atom. The molecule has 0 amide bonds. The van der Waals surface area contributed by atoms with E-state index in [4.69, 9.17) is 0 Å². The highest BCUT2D eigenvalue weighted by Crippen LogP contribution is 2.08. The second-order valence-corrected chi connectivity index (χ2v) is 6.07. The summed E-state index contributed by atoms with van der Waals surface area (Å²) in [5, 5.41) is 0. The average Bonchev–Trinajstić information content (AvgIpc) is 2.14. The molecule has 4 heteroatoms. The zero-order valence-electron chi connectivity index (χ0n) is 8.78. The highest BCUT2D eigenvalue weighted by Gasteiger charge is 2.18. The van der Waals surface area contributed by atoms with E-state index < -0.39 is 11.0 Å². The van der Waals surface area contributed by atoms with E-state index in [1.54, 1.807) is 6.20 Å². The van der Waals surface area contributed by atoms with Crippen LogP contribution in [0.15, 0.2) is 24.4 Å². The SMILES string of the molecule is CC(C)(C)S(=O)NCc1ccccn1. The topological polar surface area (TPSA) is 42.0 Å². The fraction of sp³-hybridized carbons (Fsp3) is 0.500. The Balaban J connectivity index is 2.46. The van der Waals surface area contributed by atoms with Gasteiger partial charge in [0.15, 0.2) is 0 Å². The third kappa shape index (κ3) is 3.55. The number of rotatable bonds is 3. The first-order valence-corrected chi connectivity index (χ1v) is 5.70. The molecule has 0 saturated carbocycles. The monoisotopic (exact) mass is 212 g/mol. The summed E-state index contributed by atoms with van der Waals surface area (Å²) in [6.07, 6.45) is 1.73. The van der Waals surface area contributed by atoms with Crippen molar-refractivity contribution in [2.24, 2.45) is 0 Å². The molecule has 1 heterocycles. The van der Waals surface area contributed by atoms with Crippen LogP contribution >= 0.6 is 0 Å². The van der Waals surface area contributed by atoms with E-state index in [2.05, 4.69) is 9.71 Å². The lowest BCUT2D eigenvalue weighted by Gasteiger charge is -2.17. The van der Waals surface area contributed by atoms with E-state index in [-0.39, 0.29) is 4.75 Å². The van der Waals surface area contributed by atoms with Crippen molar-refractivity contribution in [3.8, 4) is 0 Å². The second kappa shape index (κ2) is 4.66. The summed E-state index contributed by atoms with van der Waals surface area (Å²) in [6, 6.07) is 5.70. The molecule has 1 atom stereocenters. The van der Waals surface area contributed by atoms with Gasteiger partial charge in [0.2, 0.25) is 0 Å². The molecule has 0 bridgehead atoms. The van der Waals surface area contributed by atoms with Gasteiger partial charge < -0.3 is 0 Å². The Morgan fingerprint density at radius 3 is 2.64 bits per heavy atom. The molecule has 3 nitrogen and oxygen atoms in total. The van der Waals surface area contributed by atoms with Crippen molar-refractivity contribution < 1.29 is 4.21 Å². The highest BCUT2D eigenvalue weighted by atomic mass is 32.2. The van der Waals surface area contributed by atoms with Gasteiger partial charge in [-0.15, -0.1) is 0 Å². The minimum Gasteiger partial charge on any atom is -0.260 e. The lowest BCUT2D eigenvalue weighted by atomic mass is 10.3. The molecule has 1 rings (SSSR count). The van der Waals surface area contributed by atoms with Gasteiger partial charge in [-0.25, -0.2) is 8.93 Å². The first kappa shape index (κ1) is 11.3. The quantitative estimate of drug-likeness (QED) is 0.827. The van der Waals surface area contributed by atoms with Crippen LogP contribution in [0.5, 0.6) is 0 Å². The normalized spacial score (nSPS) is 13.9. The van der Waals surface area contributed by atoms with Gasteiger partial charge in [0.05, 0.1) is 28.0 Å². The molecule has 78 valence electrons. The molecule has 14 heavy (non-hydrogen) atoms. The van der Waals surface area contributed by atoms with Crippen molar-refractivity contribution >= 4 is 11.0 Å². The van der Waals surface area contributed by atoms with Gasteiger partial charge in [-0.2, -0.15) is 0 Å². The van der Waals surface area contributed by atoms with Crippen molar-refractivity contribution in [3.05, 3.63) is 30.1 Å². The van der Waals surface area contributed by atoms with Gasteiger partial charge in [-0.1, -0.05) is 6.07 Å². The molecular formula is C10H16N2OS. The molecule has 0 fully saturated rings. The molecule has 0 aliphatic heterocycles. The van der Waals surface area contributed by atoms with E-state index in [9.17, 15) is 4.21 Å². The smallest absolute Gasteiger partial charge is 0.0973 e. The van der Waals surface area contributed by atoms with E-state index in [1.807, 2.05) is 39.0 Å². The average molecular weight is 212 g/mol. The van der Waals surface area contributed by atoms with Crippen LogP contribution in [0.25, 0.3) is 0 Å². The molecule has 0 spiro atoms. The van der Waals surface area contributed by atoms with Crippen molar-refractivity contribution in [1.29, 1.82) is 0 Å². The van der Waals surface area contributed by atoms with E-state index in [0.29, 0.717) is 6.54 Å². The summed E-state index contributed by atoms with van der Waals surface area (Å²) < 4.78 is 14.3. The van der Waals surface area contributed by atoms with Crippen LogP contribution < -0.4 is 4.72 Å². The summed E-state index contributed by atoms with van der Waals surface area (Å²) >= 11 is 0. The first-order chi connectivity index (χ1) is 6.50. The Kier molecular flexibility index (Phi) is 3.77. The molecule has 0 aliphatic carbocycles. The Hall–Kier alpha value is -0.740. The standard InChI is InChI=1S/C10H16N2OS/c1-10(2,3)14(13)12-8-9-6-4-5-7-11-9/h4-7,12H,8H2,1-3H3. The number of hydrogen-bond acceptors (Lipinski definition) is 2. The molecule has 1 unspecified atom stereocenters. The van der Waals surface area contributed by atoms with Crippen molar-refractivity contribution in [1.82, 2.24) is 9.71 Å². The summed E-state index contributed by atoms with van der Waals surface area (Å²) in [7, 11) is -1.03. The van der Waals surface area contributed by atoms with Gasteiger partial charge in [0.1, 0.15) is 0 Å². The van der Waals surface area contributed by atoms with E-state index in [1.165, 1.54) is 0 Å². The largest absolute Gasteiger partial charge is 0.260 e. The molecule has 1 aromatic heterocycles. The zero-order chi connectivity index (χ0) is 10.6. The predicted molar refractivity (Wildman–Crippen MR) is 59.0 cm³/mol. The van der Waals surface area contributed by atoms with Crippen LogP contribution in [0.3, 0.4) is 0 Å². The molecule has 0 aliphatic rings. The fourth-order valence-corrected chi connectivity index (χ4v) is 1.57. The number of nitrogens with zero attached hydrogens (tertiary/aromatic N) is 1. The van der Waals surface area contributed by atoms with Gasteiger partial charge in [-0.3, -0.25) is 4.98 Å². The molecule has 1 aromatic rings. The number of hydrogen-bond donors (Lipinski definition) is 1. The fourth-order valence-electron chi connectivity index (χ4n) is 0.859. The predicted octanol–water partition coefficient (Wildman–Crippen LogP) is 1.63. The number of pyridine rings is 1. The molecule has 0 aromatic carbocycles. The third-order valence-electron chi connectivity index (χ3n) is 1.67. The maximum atomic E-state index is 11.6. The molecular weight excluding hydrogens is 196 g/mol. The van der Waals surface area contributed by atoms with Crippen molar-refractivity contribution in [3.63, 3.8) is 0 Å². The van der Waals surface area contributed by atoms with Crippen LogP contribution in [-0.2, 0) is 17.5 Å². The van der Waals surface area contributed by atoms with Crippen LogP contribution in [0.2, 0.25) is 0 Å². The Labute approximate surface area is 87.5 Å². The van der Waals surface area contributed by atoms with Crippen LogP contribution in [0.4, 0.5) is 0 Å². The van der Waals surface area contributed by atoms with Gasteiger partial charge >= 0.3 is 0 Å². The number of nitrogens with one attached hydrogen (secondary N) is 1. The molecule has 0 radical (unpaired) electrons. The second-order valence-electron chi connectivity index (χ2n) is 4.02. The van der Waals surface area contributed by atoms with E-state index in [0.717, 1.165) is 5.69 Å². The third-order valence-corrected chi connectivity index (χ3v) is 3.19. The van der Waals surface area contributed by atoms with Gasteiger partial charge in [-0.05, 0) is 32.9 Å². The first-order valence-electron chi connectivity index (χ1n) is 4.55. The molecule has 0 saturated heterocycles. The Bertz CT molecular complexity index is 306. The maximum absolute atomic E-state index is 11.6. The zero-order valence-corrected chi connectivity index (χ0v) is 9.60. The summed E-state index contributed by atoms with van der Waals surface area (Å²) in [4.78, 5) is 4.14. The lowest BCUT2D eigenvalue weighted by molar-refractivity contribution is 0.634. The molecule has 1 N–H and O–H groups in total. The maximum Gasteiger partial charge on any atom is 0.0973 e. The van der Waals surface area contributed by atoms with Crippen molar-refractivity contribution in [2.75, 3.05) is 0 Å². The Morgan fingerprint density at radius 2 is 2.14 bits per heavy atom. The van der Waals surface area contributed by atoms with Gasteiger partial charge in [0.25, 0.3) is 0 Å². The lowest BCUT2D eigenvalue weighted by Crippen LogP contribution is -2.33.